The lowest BCUT2D eigenvalue weighted by molar-refractivity contribution is -0.232. The Labute approximate surface area is 206 Å². The van der Waals surface area contributed by atoms with E-state index in [9.17, 15) is 20.1 Å². The predicted octanol–water partition coefficient (Wildman–Crippen LogP) is 6.06. The summed E-state index contributed by atoms with van der Waals surface area (Å²) in [6.07, 6.45) is 8.53. The minimum absolute atomic E-state index is 0.00993. The van der Waals surface area contributed by atoms with Crippen LogP contribution in [-0.2, 0) is 4.79 Å². The van der Waals surface area contributed by atoms with E-state index in [0.717, 1.165) is 44.9 Å². The summed E-state index contributed by atoms with van der Waals surface area (Å²) < 4.78 is 0. The fourth-order valence-electron chi connectivity index (χ4n) is 11.0. The van der Waals surface area contributed by atoms with E-state index in [1.807, 2.05) is 0 Å². The van der Waals surface area contributed by atoms with E-state index in [2.05, 4.69) is 54.5 Å². The van der Waals surface area contributed by atoms with E-state index in [1.165, 1.54) is 5.57 Å². The molecule has 4 heteroatoms. The van der Waals surface area contributed by atoms with Crippen molar-refractivity contribution in [3.05, 3.63) is 11.6 Å². The van der Waals surface area contributed by atoms with Gasteiger partial charge in [0.2, 0.25) is 0 Å². The molecule has 5 rings (SSSR count). The molecule has 3 N–H and O–H groups in total. The number of carboxylic acids is 1. The normalized spacial score (nSPS) is 56.3. The molecular formula is C30H48O4. The van der Waals surface area contributed by atoms with Gasteiger partial charge in [-0.05, 0) is 103 Å². The van der Waals surface area contributed by atoms with E-state index < -0.39 is 23.6 Å². The van der Waals surface area contributed by atoms with Crippen molar-refractivity contribution in [2.24, 2.45) is 56.7 Å². The van der Waals surface area contributed by atoms with Crippen LogP contribution in [0.2, 0.25) is 0 Å². The number of aliphatic hydroxyl groups excluding tert-OH is 2. The minimum atomic E-state index is -0.679. The molecule has 5 aliphatic carbocycles. The van der Waals surface area contributed by atoms with Gasteiger partial charge in [0, 0.05) is 0 Å². The lowest BCUT2D eigenvalue weighted by Gasteiger charge is -2.71. The minimum Gasteiger partial charge on any atom is -0.481 e. The number of hydrogen-bond donors (Lipinski definition) is 3. The van der Waals surface area contributed by atoms with Gasteiger partial charge in [-0.2, -0.15) is 0 Å². The van der Waals surface area contributed by atoms with E-state index >= 15 is 0 Å². The second-order valence-corrected chi connectivity index (χ2v) is 14.6. The molecule has 0 aromatic carbocycles. The smallest absolute Gasteiger partial charge is 0.310 e. The Morgan fingerprint density at radius 3 is 2.26 bits per heavy atom. The van der Waals surface area contributed by atoms with Crippen LogP contribution in [0.4, 0.5) is 0 Å². The highest BCUT2D eigenvalue weighted by molar-refractivity contribution is 5.76. The van der Waals surface area contributed by atoms with Gasteiger partial charge >= 0.3 is 5.97 Å². The summed E-state index contributed by atoms with van der Waals surface area (Å²) in [5, 5.41) is 32.4. The molecule has 0 spiro atoms. The standard InChI is InChI=1S/C30H48O4/c1-17-10-13-30(25(33)34)15-14-28(6)19(23(30)18(17)2)8-9-22-27(5)16-20(31)24(32)26(3,4)21(27)11-12-29(22,28)7/h8,17-18,20-24,31-32H,9-16H2,1-7H3,(H,33,34)/t17-,18+,20-,21?,22?,23+,24+,27+,28-,29-,30+/m0/s1. The van der Waals surface area contributed by atoms with Crippen LogP contribution in [0.5, 0.6) is 0 Å². The third-order valence-corrected chi connectivity index (χ3v) is 13.4. The first-order chi connectivity index (χ1) is 15.7. The zero-order chi connectivity index (χ0) is 25.1. The van der Waals surface area contributed by atoms with Crippen LogP contribution in [0.1, 0.15) is 99.8 Å². The quantitative estimate of drug-likeness (QED) is 0.405. The molecule has 0 aliphatic heterocycles. The maximum Gasteiger partial charge on any atom is 0.310 e. The maximum absolute atomic E-state index is 12.8. The van der Waals surface area contributed by atoms with Gasteiger partial charge in [0.1, 0.15) is 0 Å². The van der Waals surface area contributed by atoms with Crippen LogP contribution in [0, 0.1) is 56.7 Å². The van der Waals surface area contributed by atoms with E-state index in [-0.39, 0.29) is 27.6 Å². The topological polar surface area (TPSA) is 77.8 Å². The second-order valence-electron chi connectivity index (χ2n) is 14.6. The van der Waals surface area contributed by atoms with Crippen molar-refractivity contribution in [2.45, 2.75) is 112 Å². The summed E-state index contributed by atoms with van der Waals surface area (Å²) in [7, 11) is 0. The summed E-state index contributed by atoms with van der Waals surface area (Å²) in [4.78, 5) is 12.8. The summed E-state index contributed by atoms with van der Waals surface area (Å²) in [5.74, 6) is 1.30. The number of fused-ring (bicyclic) bond motifs is 7. The molecule has 0 amide bonds. The lowest BCUT2D eigenvalue weighted by Crippen LogP contribution is -2.67. The summed E-state index contributed by atoms with van der Waals surface area (Å²) in [6, 6.07) is 0. The number of carbonyl (C=O) groups is 1. The molecule has 0 aromatic heterocycles. The van der Waals surface area contributed by atoms with E-state index in [0.29, 0.717) is 30.1 Å². The van der Waals surface area contributed by atoms with Crippen LogP contribution in [-0.4, -0.2) is 33.5 Å². The monoisotopic (exact) mass is 472 g/mol. The molecule has 0 aromatic rings. The Hall–Kier alpha value is -0.870. The highest BCUT2D eigenvalue weighted by atomic mass is 16.4. The first-order valence-corrected chi connectivity index (χ1v) is 14.0. The largest absolute Gasteiger partial charge is 0.481 e. The molecule has 4 nitrogen and oxygen atoms in total. The number of aliphatic hydroxyl groups is 2. The number of hydrogen-bond acceptors (Lipinski definition) is 3. The van der Waals surface area contributed by atoms with Crippen molar-refractivity contribution in [3.8, 4) is 0 Å². The molecule has 0 bridgehead atoms. The number of aliphatic carboxylic acids is 1. The van der Waals surface area contributed by atoms with Crippen LogP contribution in [0.25, 0.3) is 0 Å². The third kappa shape index (κ3) is 2.76. The van der Waals surface area contributed by atoms with Gasteiger partial charge < -0.3 is 15.3 Å². The maximum atomic E-state index is 12.8. The van der Waals surface area contributed by atoms with Crippen LogP contribution < -0.4 is 0 Å². The summed E-state index contributed by atoms with van der Waals surface area (Å²) in [6.45, 7) is 16.3. The Morgan fingerprint density at radius 1 is 0.941 bits per heavy atom. The van der Waals surface area contributed by atoms with Crippen molar-refractivity contribution < 1.29 is 20.1 Å². The highest BCUT2D eigenvalue weighted by Gasteiger charge is 2.70. The molecule has 4 fully saturated rings. The Kier molecular flexibility index (Phi) is 5.36. The molecule has 34 heavy (non-hydrogen) atoms. The first-order valence-electron chi connectivity index (χ1n) is 14.0. The van der Waals surface area contributed by atoms with Gasteiger partial charge in [0.25, 0.3) is 0 Å². The highest BCUT2D eigenvalue weighted by Crippen LogP contribution is 2.75. The first kappa shape index (κ1) is 24.8. The molecule has 0 radical (unpaired) electrons. The molecular weight excluding hydrogens is 424 g/mol. The van der Waals surface area contributed by atoms with Crippen molar-refractivity contribution in [3.63, 3.8) is 0 Å². The second kappa shape index (κ2) is 7.34. The third-order valence-electron chi connectivity index (χ3n) is 13.4. The Morgan fingerprint density at radius 2 is 1.62 bits per heavy atom. The molecule has 0 saturated heterocycles. The van der Waals surface area contributed by atoms with Crippen molar-refractivity contribution in [1.82, 2.24) is 0 Å². The summed E-state index contributed by atoms with van der Waals surface area (Å²) in [5.41, 5.74) is 0.574. The van der Waals surface area contributed by atoms with Crippen LogP contribution in [0.3, 0.4) is 0 Å². The lowest BCUT2D eigenvalue weighted by atomic mass is 9.33. The van der Waals surface area contributed by atoms with Crippen LogP contribution >= 0.6 is 0 Å². The average molecular weight is 473 g/mol. The number of rotatable bonds is 1. The fourth-order valence-corrected chi connectivity index (χ4v) is 11.0. The summed E-state index contributed by atoms with van der Waals surface area (Å²) >= 11 is 0. The number of allylic oxidation sites excluding steroid dienone is 2. The van der Waals surface area contributed by atoms with Gasteiger partial charge in [-0.1, -0.05) is 60.1 Å². The number of carboxylic acid groups (broad SMARTS) is 1. The molecule has 0 heterocycles. The SMILES string of the molecule is C[C@@H]1[C@@H](C)CC[C@@]2(C(=O)O)CC[C@@]3(C)C(=CCC4[C@]5(C)C[C@H](O)[C@@H](O)C(C)(C)C5CC[C@@]43C)[C@@H]12. The van der Waals surface area contributed by atoms with Crippen LogP contribution in [0.15, 0.2) is 11.6 Å². The van der Waals surface area contributed by atoms with Gasteiger partial charge in [-0.25, -0.2) is 0 Å². The van der Waals surface area contributed by atoms with Crippen molar-refractivity contribution in [1.29, 1.82) is 0 Å². The Balaban J connectivity index is 1.62. The van der Waals surface area contributed by atoms with E-state index in [4.69, 9.17) is 0 Å². The van der Waals surface area contributed by atoms with E-state index in [1.54, 1.807) is 0 Å². The Bertz CT molecular complexity index is 907. The molecule has 5 aliphatic rings. The van der Waals surface area contributed by atoms with Gasteiger partial charge in [0.15, 0.2) is 0 Å². The molecule has 192 valence electrons. The molecule has 4 saturated carbocycles. The molecule has 2 unspecified atom stereocenters. The zero-order valence-corrected chi connectivity index (χ0v) is 22.5. The van der Waals surface area contributed by atoms with Gasteiger partial charge in [0.05, 0.1) is 17.6 Å². The van der Waals surface area contributed by atoms with Gasteiger partial charge in [-0.15, -0.1) is 0 Å². The van der Waals surface area contributed by atoms with Crippen molar-refractivity contribution in [2.75, 3.05) is 0 Å². The fraction of sp³-hybridized carbons (Fsp3) is 0.900. The van der Waals surface area contributed by atoms with Crippen molar-refractivity contribution >= 4 is 5.97 Å². The molecule has 11 atom stereocenters. The predicted molar refractivity (Wildman–Crippen MR) is 134 cm³/mol. The van der Waals surface area contributed by atoms with Gasteiger partial charge in [-0.3, -0.25) is 4.79 Å². The zero-order valence-electron chi connectivity index (χ0n) is 22.5. The average Bonchev–Trinajstić information content (AvgIpc) is 2.75.